The average molecular weight is 314 g/mol. The number of alkyl halides is 3. The first-order valence-corrected chi connectivity index (χ1v) is 6.02. The first-order valence-electron chi connectivity index (χ1n) is 6.02. The van der Waals surface area contributed by atoms with Crippen molar-refractivity contribution in [1.82, 2.24) is 9.78 Å². The summed E-state index contributed by atoms with van der Waals surface area (Å²) in [5, 5.41) is 13.7. The monoisotopic (exact) mass is 314 g/mol. The summed E-state index contributed by atoms with van der Waals surface area (Å²) in [6, 6.07) is 6.69. The van der Waals surface area contributed by atoms with E-state index >= 15 is 0 Å². The summed E-state index contributed by atoms with van der Waals surface area (Å²) in [4.78, 5) is 0. The van der Waals surface area contributed by atoms with Gasteiger partial charge in [-0.2, -0.15) is 18.3 Å². The van der Waals surface area contributed by atoms with Crippen molar-refractivity contribution in [2.24, 2.45) is 0 Å². The van der Waals surface area contributed by atoms with E-state index in [4.69, 9.17) is 0 Å². The van der Waals surface area contributed by atoms with Crippen molar-refractivity contribution >= 4 is 10.9 Å². The Morgan fingerprint density at radius 2 is 1.73 bits per heavy atom. The molecule has 3 aromatic rings. The molecule has 0 aliphatic heterocycles. The molecule has 0 radical (unpaired) electrons. The lowest BCUT2D eigenvalue weighted by Crippen LogP contribution is -2.12. The Bertz CT molecular complexity index is 870. The van der Waals surface area contributed by atoms with E-state index in [1.807, 2.05) is 0 Å². The van der Waals surface area contributed by atoms with E-state index in [-0.39, 0.29) is 6.07 Å². The summed E-state index contributed by atoms with van der Waals surface area (Å²) in [6.07, 6.45) is -3.75. The molecule has 2 aromatic carbocycles. The van der Waals surface area contributed by atoms with Crippen LogP contribution in [0.3, 0.4) is 0 Å². The lowest BCUT2D eigenvalue weighted by Gasteiger charge is -2.13. The third kappa shape index (κ3) is 2.07. The van der Waals surface area contributed by atoms with E-state index < -0.39 is 34.8 Å². The fourth-order valence-electron chi connectivity index (χ4n) is 2.13. The van der Waals surface area contributed by atoms with Crippen LogP contribution < -0.4 is 0 Å². The second kappa shape index (κ2) is 4.69. The van der Waals surface area contributed by atoms with Gasteiger partial charge in [0.1, 0.15) is 5.69 Å². The van der Waals surface area contributed by atoms with Gasteiger partial charge >= 0.3 is 6.18 Å². The van der Waals surface area contributed by atoms with Crippen LogP contribution in [0.5, 0.6) is 5.75 Å². The number of rotatable bonds is 1. The van der Waals surface area contributed by atoms with Crippen LogP contribution in [-0.2, 0) is 6.18 Å². The zero-order valence-electron chi connectivity index (χ0n) is 10.7. The van der Waals surface area contributed by atoms with Gasteiger partial charge < -0.3 is 5.11 Å². The summed E-state index contributed by atoms with van der Waals surface area (Å²) in [7, 11) is 0. The number of phenolic OH excluding ortho intramolecular Hbond substituents is 1. The highest BCUT2D eigenvalue weighted by Crippen LogP contribution is 2.38. The maximum absolute atomic E-state index is 14.0. The van der Waals surface area contributed by atoms with Crippen LogP contribution in [0.2, 0.25) is 0 Å². The van der Waals surface area contributed by atoms with E-state index in [0.717, 1.165) is 4.68 Å². The van der Waals surface area contributed by atoms with E-state index in [0.29, 0.717) is 10.9 Å². The fourth-order valence-corrected chi connectivity index (χ4v) is 2.13. The van der Waals surface area contributed by atoms with Crippen molar-refractivity contribution in [2.75, 3.05) is 0 Å². The summed E-state index contributed by atoms with van der Waals surface area (Å²) < 4.78 is 66.7. The highest BCUT2D eigenvalue weighted by Gasteiger charge is 2.37. The Balaban J connectivity index is 2.34. The third-order valence-electron chi connectivity index (χ3n) is 3.17. The van der Waals surface area contributed by atoms with Gasteiger partial charge in [-0.15, -0.1) is 0 Å². The van der Waals surface area contributed by atoms with Crippen LogP contribution in [0.1, 0.15) is 5.56 Å². The predicted octanol–water partition coefficient (Wildman–Crippen LogP) is 4.03. The molecular weight excluding hydrogens is 307 g/mol. The highest BCUT2D eigenvalue weighted by atomic mass is 19.4. The summed E-state index contributed by atoms with van der Waals surface area (Å²) in [6.45, 7) is 0. The molecule has 0 amide bonds. The van der Waals surface area contributed by atoms with Crippen LogP contribution in [0, 0.1) is 11.6 Å². The third-order valence-corrected chi connectivity index (χ3v) is 3.17. The number of phenols is 1. The van der Waals surface area contributed by atoms with E-state index in [9.17, 15) is 27.1 Å². The largest absolute Gasteiger partial charge is 0.503 e. The Morgan fingerprint density at radius 1 is 1.05 bits per heavy atom. The molecule has 0 unspecified atom stereocenters. The molecule has 0 saturated carbocycles. The molecule has 0 atom stereocenters. The molecule has 1 aromatic heterocycles. The van der Waals surface area contributed by atoms with Gasteiger partial charge in [0, 0.05) is 5.39 Å². The van der Waals surface area contributed by atoms with E-state index in [1.165, 1.54) is 12.3 Å². The molecule has 22 heavy (non-hydrogen) atoms. The van der Waals surface area contributed by atoms with Crippen molar-refractivity contribution in [1.29, 1.82) is 0 Å². The van der Waals surface area contributed by atoms with Crippen molar-refractivity contribution < 1.29 is 27.1 Å². The molecule has 3 rings (SSSR count). The second-order valence-corrected chi connectivity index (χ2v) is 4.53. The minimum Gasteiger partial charge on any atom is -0.503 e. The van der Waals surface area contributed by atoms with Crippen LogP contribution in [0.15, 0.2) is 36.5 Å². The van der Waals surface area contributed by atoms with Crippen LogP contribution in [0.4, 0.5) is 22.0 Å². The second-order valence-electron chi connectivity index (χ2n) is 4.53. The van der Waals surface area contributed by atoms with Crippen LogP contribution in [0.25, 0.3) is 16.6 Å². The predicted molar refractivity (Wildman–Crippen MR) is 67.7 cm³/mol. The number of fused-ring (bicyclic) bond motifs is 1. The van der Waals surface area contributed by atoms with Crippen molar-refractivity contribution in [2.45, 2.75) is 6.18 Å². The van der Waals surface area contributed by atoms with E-state index in [1.54, 1.807) is 18.2 Å². The average Bonchev–Trinajstić information content (AvgIpc) is 2.88. The maximum atomic E-state index is 14.0. The van der Waals surface area contributed by atoms with Crippen molar-refractivity contribution in [3.63, 3.8) is 0 Å². The quantitative estimate of drug-likeness (QED) is 0.689. The molecule has 0 spiro atoms. The molecule has 0 aliphatic rings. The normalized spacial score (nSPS) is 12.0. The number of nitrogens with zero attached hydrogens (tertiary/aromatic N) is 2. The minimum atomic E-state index is -5.08. The zero-order chi connectivity index (χ0) is 16.1. The summed E-state index contributed by atoms with van der Waals surface area (Å²) in [5.74, 6) is -5.26. The molecule has 3 nitrogen and oxygen atoms in total. The van der Waals surface area contributed by atoms with Gasteiger partial charge in [-0.05, 0) is 12.1 Å². The fraction of sp³-hybridized carbons (Fsp3) is 0.0714. The highest BCUT2D eigenvalue weighted by molar-refractivity contribution is 5.80. The zero-order valence-corrected chi connectivity index (χ0v) is 10.7. The standard InChI is InChI=1S/C14H7F5N2O/c15-11-8(14(17,18)19)5-10(12(16)13(11)22)21-9-4-2-1-3-7(9)6-20-21/h1-6,22H. The minimum absolute atomic E-state index is 0.282. The Hall–Kier alpha value is -2.64. The number of hydrogen-bond donors (Lipinski definition) is 1. The summed E-state index contributed by atoms with van der Waals surface area (Å²) in [5.41, 5.74) is -2.13. The van der Waals surface area contributed by atoms with Gasteiger partial charge in [0.25, 0.3) is 0 Å². The van der Waals surface area contributed by atoms with Crippen molar-refractivity contribution in [3.05, 3.63) is 53.7 Å². The van der Waals surface area contributed by atoms with Gasteiger partial charge in [-0.1, -0.05) is 18.2 Å². The molecule has 0 bridgehead atoms. The van der Waals surface area contributed by atoms with Gasteiger partial charge in [0.2, 0.25) is 0 Å². The van der Waals surface area contributed by atoms with Crippen molar-refractivity contribution in [3.8, 4) is 11.4 Å². The topological polar surface area (TPSA) is 38.0 Å². The number of benzene rings is 2. The number of hydrogen-bond acceptors (Lipinski definition) is 2. The van der Waals surface area contributed by atoms with Gasteiger partial charge in [-0.25, -0.2) is 13.5 Å². The molecule has 114 valence electrons. The lowest BCUT2D eigenvalue weighted by molar-refractivity contribution is -0.140. The Kier molecular flexibility index (Phi) is 3.05. The molecule has 1 N–H and O–H groups in total. The Labute approximate surface area is 120 Å². The SMILES string of the molecule is Oc1c(F)c(-n2ncc3ccccc32)cc(C(F)(F)F)c1F. The maximum Gasteiger partial charge on any atom is 0.419 e. The first kappa shape index (κ1) is 14.3. The van der Waals surface area contributed by atoms with Gasteiger partial charge in [-0.3, -0.25) is 0 Å². The number of halogens is 5. The molecule has 0 saturated heterocycles. The molecule has 1 heterocycles. The van der Waals surface area contributed by atoms with E-state index in [2.05, 4.69) is 5.10 Å². The number of aromatic nitrogens is 2. The van der Waals surface area contributed by atoms with Crippen LogP contribution >= 0.6 is 0 Å². The van der Waals surface area contributed by atoms with Gasteiger partial charge in [0.05, 0.1) is 17.3 Å². The number of para-hydroxylation sites is 1. The first-order chi connectivity index (χ1) is 10.3. The lowest BCUT2D eigenvalue weighted by atomic mass is 10.1. The molecule has 8 heteroatoms. The van der Waals surface area contributed by atoms with Gasteiger partial charge in [0.15, 0.2) is 17.4 Å². The molecule has 0 fully saturated rings. The molecule has 0 aliphatic carbocycles. The number of aromatic hydroxyl groups is 1. The summed E-state index contributed by atoms with van der Waals surface area (Å²) >= 11 is 0. The molecular formula is C14H7F5N2O. The smallest absolute Gasteiger partial charge is 0.419 e. The Morgan fingerprint density at radius 3 is 2.41 bits per heavy atom. The van der Waals surface area contributed by atoms with Crippen LogP contribution in [-0.4, -0.2) is 14.9 Å².